The highest BCUT2D eigenvalue weighted by atomic mass is 32.2. The monoisotopic (exact) mass is 544 g/mol. The fraction of sp³-hybridized carbons (Fsp3) is 0.533. The first-order valence-electron chi connectivity index (χ1n) is 13.6. The Balaban J connectivity index is 1.91. The molecule has 0 bridgehead atoms. The van der Waals surface area contributed by atoms with E-state index in [4.69, 9.17) is 9.47 Å². The van der Waals surface area contributed by atoms with Crippen LogP contribution >= 0.6 is 11.8 Å². The largest absolute Gasteiger partial charge is 0.492 e. The van der Waals surface area contributed by atoms with E-state index in [1.807, 2.05) is 60.3 Å². The number of aliphatic carboxylic acids is 1. The number of hydrogen-bond acceptors (Lipinski definition) is 5. The van der Waals surface area contributed by atoms with Crippen molar-refractivity contribution < 1.29 is 24.2 Å². The zero-order chi connectivity index (χ0) is 27.8. The van der Waals surface area contributed by atoms with Crippen molar-refractivity contribution in [2.75, 3.05) is 43.1 Å². The molecule has 0 fully saturated rings. The molecule has 8 heteroatoms. The van der Waals surface area contributed by atoms with E-state index in [0.29, 0.717) is 44.4 Å². The van der Waals surface area contributed by atoms with Crippen LogP contribution in [0.25, 0.3) is 0 Å². The van der Waals surface area contributed by atoms with Gasteiger partial charge in [0.25, 0.3) is 0 Å². The van der Waals surface area contributed by atoms with E-state index in [-0.39, 0.29) is 6.03 Å². The molecule has 7 nitrogen and oxygen atoms in total. The van der Waals surface area contributed by atoms with Gasteiger partial charge in [0.2, 0.25) is 0 Å². The minimum Gasteiger partial charge on any atom is -0.492 e. The summed E-state index contributed by atoms with van der Waals surface area (Å²) in [7, 11) is 0. The lowest BCUT2D eigenvalue weighted by molar-refractivity contribution is -0.149. The van der Waals surface area contributed by atoms with Crippen LogP contribution in [0.15, 0.2) is 48.5 Å². The number of amides is 2. The Morgan fingerprint density at radius 2 is 1.68 bits per heavy atom. The highest BCUT2D eigenvalue weighted by Gasteiger charge is 2.18. The molecule has 0 saturated heterocycles. The lowest BCUT2D eigenvalue weighted by atomic mass is 10.0. The molecule has 0 heterocycles. The van der Waals surface area contributed by atoms with Gasteiger partial charge in [-0.05, 0) is 60.4 Å². The first-order valence-corrected chi connectivity index (χ1v) is 14.8. The van der Waals surface area contributed by atoms with E-state index in [9.17, 15) is 14.7 Å². The number of unbranched alkanes of at least 4 members (excludes halogenated alkanes) is 2. The number of benzene rings is 2. The number of carboxylic acid groups (broad SMARTS) is 1. The second kappa shape index (κ2) is 17.7. The Bertz CT molecular complexity index is 950. The van der Waals surface area contributed by atoms with Gasteiger partial charge in [-0.3, -0.25) is 0 Å². The summed E-state index contributed by atoms with van der Waals surface area (Å²) in [5.41, 5.74) is 2.88. The van der Waals surface area contributed by atoms with Crippen molar-refractivity contribution >= 4 is 29.4 Å². The molecule has 2 aromatic rings. The average Bonchev–Trinajstić information content (AvgIpc) is 2.90. The predicted octanol–water partition coefficient (Wildman–Crippen LogP) is 6.68. The van der Waals surface area contributed by atoms with Crippen LogP contribution in [-0.2, 0) is 16.0 Å². The van der Waals surface area contributed by atoms with Gasteiger partial charge in [-0.2, -0.15) is 11.8 Å². The highest BCUT2D eigenvalue weighted by molar-refractivity contribution is 7.99. The van der Waals surface area contributed by atoms with E-state index in [1.165, 1.54) is 24.8 Å². The normalized spacial score (nSPS) is 11.8. The number of thioether (sulfide) groups is 1. The number of rotatable bonds is 18. The van der Waals surface area contributed by atoms with E-state index in [2.05, 4.69) is 26.1 Å². The average molecular weight is 545 g/mol. The summed E-state index contributed by atoms with van der Waals surface area (Å²) >= 11 is 1.88. The molecule has 210 valence electrons. The molecule has 2 rings (SSSR count). The minimum atomic E-state index is -0.968. The van der Waals surface area contributed by atoms with Gasteiger partial charge in [-0.25, -0.2) is 9.59 Å². The zero-order valence-electron chi connectivity index (χ0n) is 23.3. The van der Waals surface area contributed by atoms with E-state index < -0.39 is 12.1 Å². The number of anilines is 1. The summed E-state index contributed by atoms with van der Waals surface area (Å²) in [6.07, 6.45) is 3.08. The van der Waals surface area contributed by atoms with Crippen LogP contribution in [0.2, 0.25) is 0 Å². The Labute approximate surface area is 232 Å². The molecule has 38 heavy (non-hydrogen) atoms. The molecule has 0 aromatic heterocycles. The molecule has 0 saturated carbocycles. The number of carbonyl (C=O) groups is 2. The van der Waals surface area contributed by atoms with E-state index in [1.54, 1.807) is 11.8 Å². The summed E-state index contributed by atoms with van der Waals surface area (Å²) in [4.78, 5) is 26.2. The van der Waals surface area contributed by atoms with Crippen molar-refractivity contribution in [1.82, 2.24) is 4.90 Å². The fourth-order valence-corrected chi connectivity index (χ4v) is 4.79. The van der Waals surface area contributed by atoms with Crippen molar-refractivity contribution in [2.24, 2.45) is 0 Å². The van der Waals surface area contributed by atoms with Crippen molar-refractivity contribution in [3.05, 3.63) is 59.7 Å². The van der Waals surface area contributed by atoms with Crippen LogP contribution in [0.1, 0.15) is 64.0 Å². The molecule has 0 aliphatic carbocycles. The molecule has 1 unspecified atom stereocenters. The Hall–Kier alpha value is -2.71. The molecular formula is C30H44N2O5S. The van der Waals surface area contributed by atoms with Crippen molar-refractivity contribution in [3.8, 4) is 5.75 Å². The summed E-state index contributed by atoms with van der Waals surface area (Å²) < 4.78 is 11.2. The van der Waals surface area contributed by atoms with Crippen LogP contribution in [0.4, 0.5) is 10.5 Å². The topological polar surface area (TPSA) is 88.1 Å². The molecular weight excluding hydrogens is 500 g/mol. The lowest BCUT2D eigenvalue weighted by Crippen LogP contribution is -2.39. The third-order valence-corrected chi connectivity index (χ3v) is 7.18. The second-order valence-electron chi connectivity index (χ2n) is 9.49. The molecule has 0 aliphatic rings. The number of hydrogen-bond donors (Lipinski definition) is 2. The smallest absolute Gasteiger partial charge is 0.333 e. The van der Waals surface area contributed by atoms with Gasteiger partial charge in [-0.1, -0.05) is 57.9 Å². The molecule has 0 spiro atoms. The number of carboxylic acids is 1. The number of carbonyl (C=O) groups excluding carboxylic acids is 1. The van der Waals surface area contributed by atoms with Crippen molar-refractivity contribution in [1.29, 1.82) is 0 Å². The standard InChI is InChI=1S/C30H44N2O5S/c1-5-7-8-20-38-21-18-32(30(35)31-26-13-11-25(12-14-26)23(3)4)17-19-37-27-15-9-24(10-16-27)22-28(29(33)34)36-6-2/h9-16,23,28H,5-8,17-22H2,1-4H3,(H,31,35)(H,33,34). The number of nitrogens with zero attached hydrogens (tertiary/aromatic N) is 1. The zero-order valence-corrected chi connectivity index (χ0v) is 24.1. The van der Waals surface area contributed by atoms with Gasteiger partial charge >= 0.3 is 12.0 Å². The maximum atomic E-state index is 13.1. The Kier molecular flexibility index (Phi) is 14.7. The number of urea groups is 1. The number of ether oxygens (including phenoxy) is 2. The SMILES string of the molecule is CCCCCSCCN(CCOc1ccc(CC(OCC)C(=O)O)cc1)C(=O)Nc1ccc(C(C)C)cc1. The maximum absolute atomic E-state index is 13.1. The number of nitrogens with one attached hydrogen (secondary N) is 1. The summed E-state index contributed by atoms with van der Waals surface area (Å²) in [5.74, 6) is 2.13. The van der Waals surface area contributed by atoms with Crippen molar-refractivity contribution in [3.63, 3.8) is 0 Å². The first-order chi connectivity index (χ1) is 18.3. The van der Waals surface area contributed by atoms with E-state index in [0.717, 1.165) is 22.8 Å². The molecule has 0 radical (unpaired) electrons. The molecule has 2 aromatic carbocycles. The van der Waals surface area contributed by atoms with Gasteiger partial charge < -0.3 is 24.8 Å². The Morgan fingerprint density at radius 1 is 0.974 bits per heavy atom. The van der Waals surface area contributed by atoms with Crippen molar-refractivity contribution in [2.45, 2.75) is 65.4 Å². The van der Waals surface area contributed by atoms with Crippen LogP contribution in [-0.4, -0.2) is 65.9 Å². The van der Waals surface area contributed by atoms with Gasteiger partial charge in [0.1, 0.15) is 12.4 Å². The molecule has 0 aliphatic heterocycles. The first kappa shape index (κ1) is 31.5. The summed E-state index contributed by atoms with van der Waals surface area (Å²) in [6.45, 7) is 10.1. The van der Waals surface area contributed by atoms with E-state index >= 15 is 0 Å². The second-order valence-corrected chi connectivity index (χ2v) is 10.7. The van der Waals surface area contributed by atoms with Crippen LogP contribution in [0.5, 0.6) is 5.75 Å². The highest BCUT2D eigenvalue weighted by Crippen LogP contribution is 2.18. The van der Waals surface area contributed by atoms with Gasteiger partial charge in [0.15, 0.2) is 6.10 Å². The summed E-state index contributed by atoms with van der Waals surface area (Å²) in [6, 6.07) is 15.2. The fourth-order valence-electron chi connectivity index (χ4n) is 3.83. The van der Waals surface area contributed by atoms with Gasteiger partial charge in [0, 0.05) is 31.0 Å². The molecule has 2 amide bonds. The van der Waals surface area contributed by atoms with Crippen LogP contribution in [0.3, 0.4) is 0 Å². The van der Waals surface area contributed by atoms with Crippen LogP contribution in [0, 0.1) is 0 Å². The lowest BCUT2D eigenvalue weighted by Gasteiger charge is -2.23. The third-order valence-electron chi connectivity index (χ3n) is 6.13. The van der Waals surface area contributed by atoms with Crippen LogP contribution < -0.4 is 10.1 Å². The quantitative estimate of drug-likeness (QED) is 0.204. The van der Waals surface area contributed by atoms with Gasteiger partial charge in [-0.15, -0.1) is 0 Å². The molecule has 2 N–H and O–H groups in total. The maximum Gasteiger partial charge on any atom is 0.333 e. The molecule has 1 atom stereocenters. The summed E-state index contributed by atoms with van der Waals surface area (Å²) in [5, 5.41) is 12.3. The Morgan fingerprint density at radius 3 is 2.29 bits per heavy atom. The third kappa shape index (κ3) is 11.8. The minimum absolute atomic E-state index is 0.133. The van der Waals surface area contributed by atoms with Gasteiger partial charge in [0.05, 0.1) is 6.54 Å². The predicted molar refractivity (Wildman–Crippen MR) is 157 cm³/mol.